The normalized spacial score (nSPS) is 10.8. The van der Waals surface area contributed by atoms with Gasteiger partial charge in [-0.15, -0.1) is 0 Å². The van der Waals surface area contributed by atoms with E-state index in [2.05, 4.69) is 5.10 Å². The molecule has 3 rings (SSSR count). The minimum atomic E-state index is -0.197. The third kappa shape index (κ3) is 2.38. The monoisotopic (exact) mass is 299 g/mol. The van der Waals surface area contributed by atoms with Crippen molar-refractivity contribution in [1.29, 1.82) is 0 Å². The van der Waals surface area contributed by atoms with Crippen molar-refractivity contribution in [1.82, 2.24) is 9.61 Å². The highest BCUT2D eigenvalue weighted by Crippen LogP contribution is 2.24. The van der Waals surface area contributed by atoms with Crippen LogP contribution in [0.3, 0.4) is 0 Å². The molecule has 4 nitrogen and oxygen atoms in total. The minimum Gasteiger partial charge on any atom is -0.307 e. The van der Waals surface area contributed by atoms with Gasteiger partial charge < -0.3 is 4.90 Å². The lowest BCUT2D eigenvalue weighted by molar-refractivity contribution is 0.0983. The summed E-state index contributed by atoms with van der Waals surface area (Å²) in [6.07, 6.45) is 1.77. The quantitative estimate of drug-likeness (QED) is 0.740. The van der Waals surface area contributed by atoms with E-state index < -0.39 is 0 Å². The maximum absolute atomic E-state index is 12.7. The van der Waals surface area contributed by atoms with Gasteiger partial charge in [0.25, 0.3) is 5.91 Å². The first-order chi connectivity index (χ1) is 10.2. The van der Waals surface area contributed by atoms with E-state index in [4.69, 9.17) is 11.6 Å². The molecule has 0 unspecified atom stereocenters. The zero-order chi connectivity index (χ0) is 14.8. The molecule has 0 aliphatic carbocycles. The van der Waals surface area contributed by atoms with E-state index in [1.807, 2.05) is 55.5 Å². The van der Waals surface area contributed by atoms with Crippen LogP contribution < -0.4 is 4.90 Å². The molecule has 0 aliphatic rings. The van der Waals surface area contributed by atoms with Crippen LogP contribution in [0.5, 0.6) is 0 Å². The second kappa shape index (κ2) is 5.58. The van der Waals surface area contributed by atoms with Gasteiger partial charge in [0.15, 0.2) is 5.69 Å². The number of hydrogen-bond donors (Lipinski definition) is 0. The van der Waals surface area contributed by atoms with E-state index in [-0.39, 0.29) is 11.6 Å². The van der Waals surface area contributed by atoms with Gasteiger partial charge in [-0.1, -0.05) is 35.9 Å². The van der Waals surface area contributed by atoms with Crippen molar-refractivity contribution in [2.24, 2.45) is 0 Å². The molecule has 21 heavy (non-hydrogen) atoms. The molecule has 106 valence electrons. The van der Waals surface area contributed by atoms with Crippen LogP contribution in [0.1, 0.15) is 17.4 Å². The Balaban J connectivity index is 2.05. The molecule has 0 saturated carbocycles. The first-order valence-corrected chi connectivity index (χ1v) is 7.10. The molecule has 1 amide bonds. The third-order valence-electron chi connectivity index (χ3n) is 3.31. The summed E-state index contributed by atoms with van der Waals surface area (Å²) < 4.78 is 1.62. The lowest BCUT2D eigenvalue weighted by Gasteiger charge is -2.19. The highest BCUT2D eigenvalue weighted by atomic mass is 35.5. The fourth-order valence-corrected chi connectivity index (χ4v) is 2.55. The van der Waals surface area contributed by atoms with Crippen LogP contribution in [0.2, 0.25) is 5.02 Å². The SMILES string of the molecule is CCN(C(=O)c1nn2ccccc2c1Cl)c1ccccc1. The molecule has 0 fully saturated rings. The van der Waals surface area contributed by atoms with Gasteiger partial charge in [-0.2, -0.15) is 5.10 Å². The van der Waals surface area contributed by atoms with Gasteiger partial charge in [0.2, 0.25) is 0 Å². The van der Waals surface area contributed by atoms with Crippen molar-refractivity contribution in [3.63, 3.8) is 0 Å². The fraction of sp³-hybridized carbons (Fsp3) is 0.125. The first-order valence-electron chi connectivity index (χ1n) is 6.72. The summed E-state index contributed by atoms with van der Waals surface area (Å²) in [7, 11) is 0. The minimum absolute atomic E-state index is 0.197. The van der Waals surface area contributed by atoms with Crippen LogP contribution >= 0.6 is 11.6 Å². The number of benzene rings is 1. The molecular weight excluding hydrogens is 286 g/mol. The first kappa shape index (κ1) is 13.6. The Morgan fingerprint density at radius 1 is 1.19 bits per heavy atom. The smallest absolute Gasteiger partial charge is 0.280 e. The van der Waals surface area contributed by atoms with Crippen molar-refractivity contribution in [2.75, 3.05) is 11.4 Å². The topological polar surface area (TPSA) is 37.6 Å². The Bertz CT molecular complexity index is 783. The second-order valence-electron chi connectivity index (χ2n) is 4.58. The summed E-state index contributed by atoms with van der Waals surface area (Å²) in [6.45, 7) is 2.47. The van der Waals surface area contributed by atoms with Crippen molar-refractivity contribution in [3.05, 3.63) is 65.4 Å². The predicted octanol–water partition coefficient (Wildman–Crippen LogP) is 3.65. The fourth-order valence-electron chi connectivity index (χ4n) is 2.28. The van der Waals surface area contributed by atoms with Crippen molar-refractivity contribution in [2.45, 2.75) is 6.92 Å². The molecule has 1 aromatic carbocycles. The number of hydrogen-bond acceptors (Lipinski definition) is 2. The highest BCUT2D eigenvalue weighted by molar-refractivity contribution is 6.37. The summed E-state index contributed by atoms with van der Waals surface area (Å²) in [6, 6.07) is 15.1. The van der Waals surface area contributed by atoms with Crippen molar-refractivity contribution < 1.29 is 4.79 Å². The summed E-state index contributed by atoms with van der Waals surface area (Å²) in [5.41, 5.74) is 1.83. The molecule has 0 radical (unpaired) electrons. The third-order valence-corrected chi connectivity index (χ3v) is 3.68. The average molecular weight is 300 g/mol. The highest BCUT2D eigenvalue weighted by Gasteiger charge is 2.23. The Kier molecular flexibility index (Phi) is 3.62. The van der Waals surface area contributed by atoms with Gasteiger partial charge in [0.1, 0.15) is 0 Å². The largest absolute Gasteiger partial charge is 0.307 e. The van der Waals surface area contributed by atoms with Gasteiger partial charge in [-0.25, -0.2) is 4.52 Å². The lowest BCUT2D eigenvalue weighted by Crippen LogP contribution is -2.31. The number of para-hydroxylation sites is 1. The molecule has 0 spiro atoms. The van der Waals surface area contributed by atoms with Gasteiger partial charge in [0, 0.05) is 18.4 Å². The number of fused-ring (bicyclic) bond motifs is 1. The summed E-state index contributed by atoms with van der Waals surface area (Å²) in [4.78, 5) is 14.4. The average Bonchev–Trinajstić information content (AvgIpc) is 2.87. The molecule has 2 heterocycles. The van der Waals surface area contributed by atoms with E-state index >= 15 is 0 Å². The van der Waals surface area contributed by atoms with Gasteiger partial charge in [-0.05, 0) is 31.2 Å². The standard InChI is InChI=1S/C16H14ClN3O/c1-2-19(12-8-4-3-5-9-12)16(21)15-14(17)13-10-6-7-11-20(13)18-15/h3-11H,2H2,1H3. The zero-order valence-corrected chi connectivity index (χ0v) is 12.3. The lowest BCUT2D eigenvalue weighted by atomic mass is 10.2. The second-order valence-corrected chi connectivity index (χ2v) is 4.96. The molecule has 0 saturated heterocycles. The summed E-state index contributed by atoms with van der Waals surface area (Å²) >= 11 is 6.31. The molecule has 0 atom stereocenters. The van der Waals surface area contributed by atoms with E-state index in [0.29, 0.717) is 11.6 Å². The van der Waals surface area contributed by atoms with Crippen LogP contribution in [0.4, 0.5) is 5.69 Å². The van der Waals surface area contributed by atoms with Crippen LogP contribution in [-0.4, -0.2) is 22.1 Å². The molecule has 0 bridgehead atoms. The number of amides is 1. The van der Waals surface area contributed by atoms with Gasteiger partial charge in [0.05, 0.1) is 10.5 Å². The molecular formula is C16H14ClN3O. The summed E-state index contributed by atoms with van der Waals surface area (Å²) in [5, 5.41) is 4.68. The number of aromatic nitrogens is 2. The maximum atomic E-state index is 12.7. The predicted molar refractivity (Wildman–Crippen MR) is 84.0 cm³/mol. The van der Waals surface area contributed by atoms with Gasteiger partial charge in [-0.3, -0.25) is 4.79 Å². The zero-order valence-electron chi connectivity index (χ0n) is 11.5. The molecule has 5 heteroatoms. The number of nitrogens with zero attached hydrogens (tertiary/aromatic N) is 3. The number of carbonyl (C=O) groups is 1. The Morgan fingerprint density at radius 2 is 1.90 bits per heavy atom. The van der Waals surface area contributed by atoms with Crippen molar-refractivity contribution in [3.8, 4) is 0 Å². The molecule has 3 aromatic rings. The number of pyridine rings is 1. The van der Waals surface area contributed by atoms with Gasteiger partial charge >= 0.3 is 0 Å². The Hall–Kier alpha value is -2.33. The van der Waals surface area contributed by atoms with Crippen LogP contribution in [0.25, 0.3) is 5.52 Å². The maximum Gasteiger partial charge on any atom is 0.280 e. The van der Waals surface area contributed by atoms with Crippen LogP contribution in [-0.2, 0) is 0 Å². The van der Waals surface area contributed by atoms with Crippen molar-refractivity contribution >= 4 is 28.7 Å². The number of carbonyl (C=O) groups excluding carboxylic acids is 1. The number of anilines is 1. The summed E-state index contributed by atoms with van der Waals surface area (Å²) in [5.74, 6) is -0.197. The van der Waals surface area contributed by atoms with Crippen LogP contribution in [0, 0.1) is 0 Å². The van der Waals surface area contributed by atoms with Crippen LogP contribution in [0.15, 0.2) is 54.7 Å². The Morgan fingerprint density at radius 3 is 2.57 bits per heavy atom. The van der Waals surface area contributed by atoms with E-state index in [9.17, 15) is 4.79 Å². The molecule has 0 N–H and O–H groups in total. The van der Waals surface area contributed by atoms with E-state index in [0.717, 1.165) is 11.2 Å². The molecule has 2 aromatic heterocycles. The van der Waals surface area contributed by atoms with E-state index in [1.54, 1.807) is 15.6 Å². The molecule has 0 aliphatic heterocycles. The van der Waals surface area contributed by atoms with E-state index in [1.165, 1.54) is 0 Å². The number of rotatable bonds is 3. The number of halogens is 1. The Labute approximate surface area is 127 Å².